The molecule has 1 saturated heterocycles. The molecule has 0 aromatic heterocycles. The maximum atomic E-state index is 3.37. The van der Waals surface area contributed by atoms with E-state index in [-0.39, 0.29) is 0 Å². The summed E-state index contributed by atoms with van der Waals surface area (Å²) in [5, 5.41) is 3.37. The lowest BCUT2D eigenvalue weighted by atomic mass is 10.0. The highest BCUT2D eigenvalue weighted by Crippen LogP contribution is 2.11. The first-order valence-electron chi connectivity index (χ1n) is 5.12. The minimum absolute atomic E-state index is 0.734. The average molecular weight is 170 g/mol. The summed E-state index contributed by atoms with van der Waals surface area (Å²) in [5.74, 6) is 0.806. The van der Waals surface area contributed by atoms with Gasteiger partial charge in [0.25, 0.3) is 0 Å². The smallest absolute Gasteiger partial charge is 0.0192 e. The van der Waals surface area contributed by atoms with Crippen molar-refractivity contribution in [2.45, 2.75) is 32.7 Å². The Kier molecular flexibility index (Phi) is 4.02. The van der Waals surface area contributed by atoms with Crippen LogP contribution in [0.4, 0.5) is 0 Å². The number of hydrogen-bond donors (Lipinski definition) is 1. The highest BCUT2D eigenvalue weighted by molar-refractivity contribution is 4.77. The van der Waals surface area contributed by atoms with Crippen LogP contribution in [0.2, 0.25) is 0 Å². The standard InChI is InChI=1S/C10H22N2/c1-9(2)7-12-6-4-5-10(8-12)11-3/h9-11H,4-8H2,1-3H3/t10-/m1/s1. The van der Waals surface area contributed by atoms with Crippen molar-refractivity contribution in [3.63, 3.8) is 0 Å². The quantitative estimate of drug-likeness (QED) is 0.687. The molecule has 1 aliphatic rings. The van der Waals surface area contributed by atoms with Crippen LogP contribution in [-0.2, 0) is 0 Å². The Labute approximate surface area is 76.3 Å². The maximum Gasteiger partial charge on any atom is 0.0192 e. The van der Waals surface area contributed by atoms with Crippen molar-refractivity contribution in [3.8, 4) is 0 Å². The zero-order chi connectivity index (χ0) is 8.97. The summed E-state index contributed by atoms with van der Waals surface area (Å²) in [6, 6.07) is 0.734. The van der Waals surface area contributed by atoms with Gasteiger partial charge in [-0.3, -0.25) is 0 Å². The van der Waals surface area contributed by atoms with E-state index in [0.717, 1.165) is 12.0 Å². The summed E-state index contributed by atoms with van der Waals surface area (Å²) in [7, 11) is 2.07. The molecule has 1 rings (SSSR count). The normalized spacial score (nSPS) is 26.5. The third-order valence-corrected chi connectivity index (χ3v) is 2.54. The molecule has 0 radical (unpaired) electrons. The molecule has 1 aliphatic heterocycles. The first kappa shape index (κ1) is 10.0. The molecule has 0 aromatic carbocycles. The predicted molar refractivity (Wildman–Crippen MR) is 53.4 cm³/mol. The van der Waals surface area contributed by atoms with Crippen molar-refractivity contribution in [2.75, 3.05) is 26.7 Å². The molecule has 0 unspecified atom stereocenters. The lowest BCUT2D eigenvalue weighted by Gasteiger charge is -2.33. The van der Waals surface area contributed by atoms with Crippen molar-refractivity contribution in [1.82, 2.24) is 10.2 Å². The van der Waals surface area contributed by atoms with E-state index in [1.807, 2.05) is 0 Å². The number of likely N-dealkylation sites (tertiary alicyclic amines) is 1. The zero-order valence-corrected chi connectivity index (χ0v) is 8.64. The summed E-state index contributed by atoms with van der Waals surface area (Å²) in [6.45, 7) is 8.40. The zero-order valence-electron chi connectivity index (χ0n) is 8.64. The van der Waals surface area contributed by atoms with Gasteiger partial charge in [-0.25, -0.2) is 0 Å². The van der Waals surface area contributed by atoms with E-state index in [2.05, 4.69) is 31.1 Å². The van der Waals surface area contributed by atoms with Gasteiger partial charge < -0.3 is 10.2 Å². The van der Waals surface area contributed by atoms with Gasteiger partial charge in [0.1, 0.15) is 0 Å². The fourth-order valence-electron chi connectivity index (χ4n) is 1.97. The lowest BCUT2D eigenvalue weighted by molar-refractivity contribution is 0.177. The minimum Gasteiger partial charge on any atom is -0.316 e. The topological polar surface area (TPSA) is 15.3 Å². The molecule has 0 amide bonds. The summed E-state index contributed by atoms with van der Waals surface area (Å²) in [6.07, 6.45) is 2.71. The van der Waals surface area contributed by atoms with E-state index in [1.54, 1.807) is 0 Å². The Morgan fingerprint density at radius 1 is 1.50 bits per heavy atom. The predicted octanol–water partition coefficient (Wildman–Crippen LogP) is 1.33. The Balaban J connectivity index is 2.25. The van der Waals surface area contributed by atoms with Gasteiger partial charge in [0.15, 0.2) is 0 Å². The van der Waals surface area contributed by atoms with Crippen LogP contribution in [0, 0.1) is 5.92 Å². The Bertz CT molecular complexity index is 123. The van der Waals surface area contributed by atoms with Crippen LogP contribution in [0.15, 0.2) is 0 Å². The Hall–Kier alpha value is -0.0800. The summed E-state index contributed by atoms with van der Waals surface area (Å²) in [4.78, 5) is 2.58. The third kappa shape index (κ3) is 3.11. The highest BCUT2D eigenvalue weighted by Gasteiger charge is 2.18. The van der Waals surface area contributed by atoms with E-state index in [9.17, 15) is 0 Å². The van der Waals surface area contributed by atoms with Crippen molar-refractivity contribution < 1.29 is 0 Å². The minimum atomic E-state index is 0.734. The van der Waals surface area contributed by atoms with Gasteiger partial charge >= 0.3 is 0 Å². The fraction of sp³-hybridized carbons (Fsp3) is 1.00. The summed E-state index contributed by atoms with van der Waals surface area (Å²) >= 11 is 0. The monoisotopic (exact) mass is 170 g/mol. The largest absolute Gasteiger partial charge is 0.316 e. The Morgan fingerprint density at radius 2 is 2.25 bits per heavy atom. The van der Waals surface area contributed by atoms with Crippen molar-refractivity contribution >= 4 is 0 Å². The van der Waals surface area contributed by atoms with Crippen molar-refractivity contribution in [3.05, 3.63) is 0 Å². The van der Waals surface area contributed by atoms with Gasteiger partial charge in [-0.15, -0.1) is 0 Å². The molecular formula is C10H22N2. The van der Waals surface area contributed by atoms with Crippen LogP contribution in [0.3, 0.4) is 0 Å². The van der Waals surface area contributed by atoms with Crippen LogP contribution >= 0.6 is 0 Å². The molecule has 12 heavy (non-hydrogen) atoms. The fourth-order valence-corrected chi connectivity index (χ4v) is 1.97. The number of nitrogens with zero attached hydrogens (tertiary/aromatic N) is 1. The van der Waals surface area contributed by atoms with Gasteiger partial charge in [0, 0.05) is 19.1 Å². The molecule has 1 atom stereocenters. The lowest BCUT2D eigenvalue weighted by Crippen LogP contribution is -2.45. The van der Waals surface area contributed by atoms with E-state index < -0.39 is 0 Å². The van der Waals surface area contributed by atoms with Crippen LogP contribution < -0.4 is 5.32 Å². The molecule has 1 fully saturated rings. The molecule has 0 aliphatic carbocycles. The second kappa shape index (κ2) is 4.83. The molecule has 1 heterocycles. The molecular weight excluding hydrogens is 148 g/mol. The molecule has 2 heteroatoms. The van der Waals surface area contributed by atoms with Gasteiger partial charge in [-0.05, 0) is 32.4 Å². The van der Waals surface area contributed by atoms with Crippen LogP contribution in [0.25, 0.3) is 0 Å². The van der Waals surface area contributed by atoms with Gasteiger partial charge in [-0.2, -0.15) is 0 Å². The third-order valence-electron chi connectivity index (χ3n) is 2.54. The van der Waals surface area contributed by atoms with E-state index in [0.29, 0.717) is 0 Å². The van der Waals surface area contributed by atoms with E-state index >= 15 is 0 Å². The van der Waals surface area contributed by atoms with Gasteiger partial charge in [0.2, 0.25) is 0 Å². The molecule has 0 bridgehead atoms. The highest BCUT2D eigenvalue weighted by atomic mass is 15.2. The second-order valence-corrected chi connectivity index (χ2v) is 4.28. The van der Waals surface area contributed by atoms with Gasteiger partial charge in [-0.1, -0.05) is 13.8 Å². The molecule has 72 valence electrons. The average Bonchev–Trinajstić information content (AvgIpc) is 2.03. The molecule has 1 N–H and O–H groups in total. The van der Waals surface area contributed by atoms with Gasteiger partial charge in [0.05, 0.1) is 0 Å². The van der Waals surface area contributed by atoms with E-state index in [1.165, 1.54) is 32.5 Å². The number of rotatable bonds is 3. The van der Waals surface area contributed by atoms with E-state index in [4.69, 9.17) is 0 Å². The molecule has 0 spiro atoms. The van der Waals surface area contributed by atoms with Crippen molar-refractivity contribution in [2.24, 2.45) is 5.92 Å². The maximum absolute atomic E-state index is 3.37. The number of likely N-dealkylation sites (N-methyl/N-ethyl adjacent to an activating group) is 1. The second-order valence-electron chi connectivity index (χ2n) is 4.28. The number of piperidine rings is 1. The SMILES string of the molecule is CN[C@@H]1CCCN(CC(C)C)C1. The molecule has 0 saturated carbocycles. The van der Waals surface area contributed by atoms with Crippen LogP contribution in [0.1, 0.15) is 26.7 Å². The number of nitrogens with one attached hydrogen (secondary N) is 1. The summed E-state index contributed by atoms with van der Waals surface area (Å²) < 4.78 is 0. The number of hydrogen-bond acceptors (Lipinski definition) is 2. The first-order valence-corrected chi connectivity index (χ1v) is 5.12. The summed E-state index contributed by atoms with van der Waals surface area (Å²) in [5.41, 5.74) is 0. The molecule has 2 nitrogen and oxygen atoms in total. The van der Waals surface area contributed by atoms with Crippen LogP contribution in [0.5, 0.6) is 0 Å². The Morgan fingerprint density at radius 3 is 2.83 bits per heavy atom. The first-order chi connectivity index (χ1) is 5.72. The molecule has 0 aromatic rings. The van der Waals surface area contributed by atoms with Crippen molar-refractivity contribution in [1.29, 1.82) is 0 Å². The van der Waals surface area contributed by atoms with Crippen LogP contribution in [-0.4, -0.2) is 37.6 Å².